The number of carbonyl (C=O) groups is 2. The lowest BCUT2D eigenvalue weighted by Gasteiger charge is -2.17. The van der Waals surface area contributed by atoms with E-state index in [-0.39, 0.29) is 11.9 Å². The number of allylic oxidation sites excluding steroid dienone is 6. The van der Waals surface area contributed by atoms with Crippen LogP contribution < -0.4 is 10.6 Å². The predicted molar refractivity (Wildman–Crippen MR) is 170 cm³/mol. The fraction of sp³-hybridized carbons (Fsp3) is 0.419. The minimum atomic E-state index is 0.0844. The summed E-state index contributed by atoms with van der Waals surface area (Å²) in [6, 6.07) is 6.98. The molecule has 7 heteroatoms. The summed E-state index contributed by atoms with van der Waals surface area (Å²) >= 11 is 7.48. The molecule has 0 radical (unpaired) electrons. The van der Waals surface area contributed by atoms with Crippen LogP contribution in [0.15, 0.2) is 71.5 Å². The van der Waals surface area contributed by atoms with Crippen molar-refractivity contribution in [1.29, 1.82) is 0 Å². The van der Waals surface area contributed by atoms with Crippen molar-refractivity contribution in [1.82, 2.24) is 10.2 Å². The molecule has 0 spiro atoms. The number of amides is 2. The van der Waals surface area contributed by atoms with Crippen molar-refractivity contribution in [3.05, 3.63) is 76.5 Å². The summed E-state index contributed by atoms with van der Waals surface area (Å²) in [6.07, 6.45) is 24.1. The van der Waals surface area contributed by atoms with Crippen molar-refractivity contribution < 1.29 is 9.59 Å². The maximum atomic E-state index is 11.4. The quantitative estimate of drug-likeness (QED) is 0.142. The smallest absolute Gasteiger partial charge is 0.241 e. The Labute approximate surface area is 240 Å². The highest BCUT2D eigenvalue weighted by atomic mass is 35.5. The van der Waals surface area contributed by atoms with Gasteiger partial charge in [-0.2, -0.15) is 11.8 Å². The standard InChI is InChI=1S/C13H22S.C9H16N2O.C7H6ClNO.C2H2/c1-6-7-13(9-8-11(2)3)12(4)10-14-5;1-3-6-10-9(12)8-5-4-7-11(8)2;8-6-1-3-7(4-2-6)9-5-10;1-2/h6-8H,9-10H2,1-5H3;3,6,8H,4-5,7H2,1-2H3,(H,10,12);1-5H,(H,9,10);1-2H/b7-6-,13-12-;6-3+;;/t;8-;;/m.1../s1. The minimum absolute atomic E-state index is 0.0844. The fourth-order valence-corrected chi connectivity index (χ4v) is 4.07. The third kappa shape index (κ3) is 18.5. The summed E-state index contributed by atoms with van der Waals surface area (Å²) in [5.74, 6) is 1.25. The number of hydrogen-bond donors (Lipinski definition) is 2. The highest BCUT2D eigenvalue weighted by molar-refractivity contribution is 7.98. The molecule has 5 nitrogen and oxygen atoms in total. The van der Waals surface area contributed by atoms with Crippen molar-refractivity contribution in [2.24, 2.45) is 0 Å². The summed E-state index contributed by atoms with van der Waals surface area (Å²) < 4.78 is 0. The van der Waals surface area contributed by atoms with Gasteiger partial charge in [0, 0.05) is 16.5 Å². The summed E-state index contributed by atoms with van der Waals surface area (Å²) in [4.78, 5) is 23.4. The van der Waals surface area contributed by atoms with Crippen molar-refractivity contribution in [2.45, 2.75) is 59.9 Å². The van der Waals surface area contributed by atoms with E-state index in [1.54, 1.807) is 30.5 Å². The predicted octanol–water partition coefficient (Wildman–Crippen LogP) is 7.49. The van der Waals surface area contributed by atoms with Crippen molar-refractivity contribution in [3.8, 4) is 12.8 Å². The largest absolute Gasteiger partial charge is 0.332 e. The van der Waals surface area contributed by atoms with Gasteiger partial charge in [-0.1, -0.05) is 47.1 Å². The van der Waals surface area contributed by atoms with E-state index < -0.39 is 0 Å². The molecule has 1 aliphatic rings. The Morgan fingerprint density at radius 2 is 1.79 bits per heavy atom. The van der Waals surface area contributed by atoms with E-state index >= 15 is 0 Å². The number of hydrogen-bond acceptors (Lipinski definition) is 4. The summed E-state index contributed by atoms with van der Waals surface area (Å²) in [6.45, 7) is 11.5. The topological polar surface area (TPSA) is 61.4 Å². The third-order valence-corrected chi connectivity index (χ3v) is 6.27. The van der Waals surface area contributed by atoms with Crippen LogP contribution in [0.25, 0.3) is 0 Å². The van der Waals surface area contributed by atoms with E-state index in [9.17, 15) is 9.59 Å². The zero-order valence-electron chi connectivity index (χ0n) is 24.1. The lowest BCUT2D eigenvalue weighted by Crippen LogP contribution is -2.39. The molecule has 2 amide bonds. The molecule has 38 heavy (non-hydrogen) atoms. The highest BCUT2D eigenvalue weighted by Gasteiger charge is 2.26. The second kappa shape index (κ2) is 24.6. The van der Waals surface area contributed by atoms with E-state index in [4.69, 9.17) is 11.6 Å². The monoisotopic (exact) mass is 559 g/mol. The number of likely N-dealkylation sites (tertiary alicyclic amines) is 1. The molecule has 1 fully saturated rings. The average Bonchev–Trinajstić information content (AvgIpc) is 3.34. The number of rotatable bonds is 9. The molecule has 1 atom stereocenters. The first-order valence-corrected chi connectivity index (χ1v) is 14.3. The van der Waals surface area contributed by atoms with Gasteiger partial charge in [-0.05, 0) is 110 Å². The van der Waals surface area contributed by atoms with Gasteiger partial charge in [-0.25, -0.2) is 0 Å². The summed E-state index contributed by atoms with van der Waals surface area (Å²) in [5, 5.41) is 5.90. The molecule has 0 saturated carbocycles. The molecule has 2 rings (SSSR count). The van der Waals surface area contributed by atoms with E-state index in [1.165, 1.54) is 16.7 Å². The number of anilines is 1. The Morgan fingerprint density at radius 3 is 2.24 bits per heavy atom. The van der Waals surface area contributed by atoms with Crippen molar-refractivity contribution in [3.63, 3.8) is 0 Å². The summed E-state index contributed by atoms with van der Waals surface area (Å²) in [5.41, 5.74) is 5.10. The van der Waals surface area contributed by atoms with Gasteiger partial charge in [0.15, 0.2) is 0 Å². The number of thioether (sulfide) groups is 1. The van der Waals surface area contributed by atoms with Gasteiger partial charge in [0.25, 0.3) is 0 Å². The highest BCUT2D eigenvalue weighted by Crippen LogP contribution is 2.16. The minimum Gasteiger partial charge on any atom is -0.332 e. The van der Waals surface area contributed by atoms with E-state index in [0.717, 1.165) is 37.2 Å². The van der Waals surface area contributed by atoms with Gasteiger partial charge in [-0.15, -0.1) is 12.8 Å². The first-order chi connectivity index (χ1) is 18.2. The zero-order valence-corrected chi connectivity index (χ0v) is 25.7. The number of nitrogens with zero attached hydrogens (tertiary/aromatic N) is 1. The van der Waals surface area contributed by atoms with Gasteiger partial charge in [0.1, 0.15) is 0 Å². The Balaban J connectivity index is 0. The Hall–Kier alpha value is -2.72. The molecule has 0 aliphatic carbocycles. The van der Waals surface area contributed by atoms with Gasteiger partial charge < -0.3 is 10.6 Å². The van der Waals surface area contributed by atoms with Crippen LogP contribution in [0.3, 0.4) is 0 Å². The molecule has 1 aromatic carbocycles. The van der Waals surface area contributed by atoms with Crippen LogP contribution in [0.1, 0.15) is 53.9 Å². The van der Waals surface area contributed by atoms with Gasteiger partial charge in [-0.3, -0.25) is 14.5 Å². The zero-order chi connectivity index (χ0) is 29.3. The van der Waals surface area contributed by atoms with Crippen LogP contribution in [0.5, 0.6) is 0 Å². The van der Waals surface area contributed by atoms with Gasteiger partial charge in [0.2, 0.25) is 12.3 Å². The Kier molecular flexibility index (Phi) is 24.2. The van der Waals surface area contributed by atoms with Crippen LogP contribution in [-0.4, -0.2) is 48.9 Å². The number of likely N-dealkylation sites (N-methyl/N-ethyl adjacent to an activating group) is 1. The van der Waals surface area contributed by atoms with Crippen LogP contribution in [0.4, 0.5) is 5.69 Å². The van der Waals surface area contributed by atoms with E-state index in [2.05, 4.69) is 80.6 Å². The first-order valence-electron chi connectivity index (χ1n) is 12.5. The SMILES string of the molecule is C#C.C/C=C/NC(=O)[C@H]1CCCN1C.C/C=C\C(CC=C(C)C)=C(/C)CSC.O=CNc1ccc(Cl)cc1. The van der Waals surface area contributed by atoms with Crippen LogP contribution >= 0.6 is 23.4 Å². The molecule has 0 aromatic heterocycles. The maximum Gasteiger partial charge on any atom is 0.241 e. The van der Waals surface area contributed by atoms with Crippen LogP contribution in [0, 0.1) is 12.8 Å². The normalized spacial score (nSPS) is 15.1. The second-order valence-electron chi connectivity index (χ2n) is 8.64. The lowest BCUT2D eigenvalue weighted by atomic mass is 10.1. The van der Waals surface area contributed by atoms with E-state index in [1.807, 2.05) is 31.8 Å². The average molecular weight is 560 g/mol. The van der Waals surface area contributed by atoms with Crippen molar-refractivity contribution >= 4 is 41.4 Å². The molecule has 1 aromatic rings. The van der Waals surface area contributed by atoms with Crippen LogP contribution in [0.2, 0.25) is 5.02 Å². The molecule has 1 saturated heterocycles. The summed E-state index contributed by atoms with van der Waals surface area (Å²) in [7, 11) is 1.99. The lowest BCUT2D eigenvalue weighted by molar-refractivity contribution is -0.124. The molecular formula is C31H46ClN3O2S. The molecule has 1 aliphatic heterocycles. The number of carbonyl (C=O) groups excluding carboxylic acids is 2. The first kappa shape index (κ1) is 37.4. The Morgan fingerprint density at radius 1 is 1.16 bits per heavy atom. The third-order valence-electron chi connectivity index (χ3n) is 5.29. The Bertz CT molecular complexity index is 930. The number of benzene rings is 1. The maximum absolute atomic E-state index is 11.4. The van der Waals surface area contributed by atoms with Gasteiger partial charge in [0.05, 0.1) is 6.04 Å². The fourth-order valence-electron chi connectivity index (χ4n) is 3.33. The van der Waals surface area contributed by atoms with E-state index in [0.29, 0.717) is 11.4 Å². The number of halogens is 1. The molecule has 0 bridgehead atoms. The molecule has 2 N–H and O–H groups in total. The van der Waals surface area contributed by atoms with Crippen LogP contribution in [-0.2, 0) is 9.59 Å². The van der Waals surface area contributed by atoms with Crippen molar-refractivity contribution in [2.75, 3.05) is 30.9 Å². The molecule has 1 heterocycles. The number of nitrogens with one attached hydrogen (secondary N) is 2. The molecular weight excluding hydrogens is 514 g/mol. The molecule has 0 unspecified atom stereocenters. The second-order valence-corrected chi connectivity index (χ2v) is 9.94. The number of terminal acetylenes is 1. The molecule has 210 valence electrons. The van der Waals surface area contributed by atoms with Gasteiger partial charge >= 0.3 is 0 Å².